The zero-order chi connectivity index (χ0) is 10.7. The van der Waals surface area contributed by atoms with Crippen LogP contribution >= 0.6 is 11.3 Å². The Balaban J connectivity index is 2.35. The standard InChI is InChI=1S/C12H10N2S/c1-9-2-3-10(7-13)12(6-9)14-11-4-5-15-8-11/h2-6,8,14H,1H3. The number of anilines is 2. The second-order valence-electron chi connectivity index (χ2n) is 3.30. The Morgan fingerprint density at radius 2 is 2.20 bits per heavy atom. The highest BCUT2D eigenvalue weighted by atomic mass is 32.1. The Morgan fingerprint density at radius 3 is 2.87 bits per heavy atom. The van der Waals surface area contributed by atoms with Gasteiger partial charge in [0, 0.05) is 11.1 Å². The van der Waals surface area contributed by atoms with Crippen molar-refractivity contribution < 1.29 is 0 Å². The second-order valence-corrected chi connectivity index (χ2v) is 4.08. The maximum atomic E-state index is 8.95. The van der Waals surface area contributed by atoms with Gasteiger partial charge in [0.15, 0.2) is 0 Å². The van der Waals surface area contributed by atoms with Gasteiger partial charge in [-0.1, -0.05) is 6.07 Å². The molecule has 0 unspecified atom stereocenters. The van der Waals surface area contributed by atoms with Gasteiger partial charge in [-0.15, -0.1) is 0 Å². The Kier molecular flexibility index (Phi) is 2.70. The monoisotopic (exact) mass is 214 g/mol. The molecule has 0 saturated carbocycles. The van der Waals surface area contributed by atoms with Gasteiger partial charge in [0.05, 0.1) is 11.3 Å². The SMILES string of the molecule is Cc1ccc(C#N)c(Nc2ccsc2)c1. The van der Waals surface area contributed by atoms with Crippen molar-refractivity contribution in [3.63, 3.8) is 0 Å². The summed E-state index contributed by atoms with van der Waals surface area (Å²) in [4.78, 5) is 0. The molecular weight excluding hydrogens is 204 g/mol. The maximum Gasteiger partial charge on any atom is 0.101 e. The minimum atomic E-state index is 0.673. The molecule has 0 aliphatic carbocycles. The molecule has 3 heteroatoms. The summed E-state index contributed by atoms with van der Waals surface area (Å²) in [6.07, 6.45) is 0. The van der Waals surface area contributed by atoms with Crippen molar-refractivity contribution in [3.8, 4) is 6.07 Å². The number of rotatable bonds is 2. The lowest BCUT2D eigenvalue weighted by Crippen LogP contribution is -1.92. The molecule has 0 amide bonds. The summed E-state index contributed by atoms with van der Waals surface area (Å²) in [7, 11) is 0. The van der Waals surface area contributed by atoms with Crippen LogP contribution in [0.1, 0.15) is 11.1 Å². The van der Waals surface area contributed by atoms with Crippen LogP contribution in [0.2, 0.25) is 0 Å². The zero-order valence-electron chi connectivity index (χ0n) is 8.32. The lowest BCUT2D eigenvalue weighted by Gasteiger charge is -2.06. The van der Waals surface area contributed by atoms with Gasteiger partial charge in [0.2, 0.25) is 0 Å². The van der Waals surface area contributed by atoms with Crippen molar-refractivity contribution in [2.75, 3.05) is 5.32 Å². The number of nitrogens with one attached hydrogen (secondary N) is 1. The van der Waals surface area contributed by atoms with Gasteiger partial charge >= 0.3 is 0 Å². The van der Waals surface area contributed by atoms with E-state index in [4.69, 9.17) is 5.26 Å². The van der Waals surface area contributed by atoms with Crippen molar-refractivity contribution in [2.24, 2.45) is 0 Å². The van der Waals surface area contributed by atoms with E-state index in [1.807, 2.05) is 41.9 Å². The lowest BCUT2D eigenvalue weighted by atomic mass is 10.1. The number of aryl methyl sites for hydroxylation is 1. The fourth-order valence-corrected chi connectivity index (χ4v) is 1.94. The average Bonchev–Trinajstić information content (AvgIpc) is 2.71. The minimum absolute atomic E-state index is 0.673. The van der Waals surface area contributed by atoms with Crippen molar-refractivity contribution in [2.45, 2.75) is 6.92 Å². The van der Waals surface area contributed by atoms with E-state index in [2.05, 4.69) is 11.4 Å². The van der Waals surface area contributed by atoms with Crippen LogP contribution in [0.15, 0.2) is 35.0 Å². The third kappa shape index (κ3) is 2.17. The van der Waals surface area contributed by atoms with Crippen LogP contribution in [0.25, 0.3) is 0 Å². The molecule has 0 aliphatic heterocycles. The normalized spacial score (nSPS) is 9.60. The van der Waals surface area contributed by atoms with Crippen molar-refractivity contribution >= 4 is 22.7 Å². The Bertz CT molecular complexity index is 495. The van der Waals surface area contributed by atoms with E-state index < -0.39 is 0 Å². The van der Waals surface area contributed by atoms with Crippen LogP contribution in [-0.2, 0) is 0 Å². The predicted octanol–water partition coefficient (Wildman–Crippen LogP) is 3.67. The van der Waals surface area contributed by atoms with E-state index in [-0.39, 0.29) is 0 Å². The molecule has 0 fully saturated rings. The fraction of sp³-hybridized carbons (Fsp3) is 0.0833. The van der Waals surface area contributed by atoms with Gasteiger partial charge in [-0.2, -0.15) is 16.6 Å². The minimum Gasteiger partial charge on any atom is -0.354 e. The van der Waals surface area contributed by atoms with Gasteiger partial charge in [-0.05, 0) is 36.1 Å². The fourth-order valence-electron chi connectivity index (χ4n) is 1.35. The van der Waals surface area contributed by atoms with E-state index in [1.54, 1.807) is 11.3 Å². The van der Waals surface area contributed by atoms with Crippen molar-refractivity contribution in [3.05, 3.63) is 46.2 Å². The average molecular weight is 214 g/mol. The summed E-state index contributed by atoms with van der Waals surface area (Å²) >= 11 is 1.63. The summed E-state index contributed by atoms with van der Waals surface area (Å²) in [5.74, 6) is 0. The Labute approximate surface area is 92.8 Å². The topological polar surface area (TPSA) is 35.8 Å². The molecule has 2 nitrogen and oxygen atoms in total. The van der Waals surface area contributed by atoms with Crippen molar-refractivity contribution in [1.82, 2.24) is 0 Å². The number of hydrogen-bond acceptors (Lipinski definition) is 3. The maximum absolute atomic E-state index is 8.95. The van der Waals surface area contributed by atoms with Gasteiger partial charge in [0.1, 0.15) is 6.07 Å². The first-order chi connectivity index (χ1) is 7.29. The molecule has 0 atom stereocenters. The first-order valence-electron chi connectivity index (χ1n) is 4.59. The molecular formula is C12H10N2S. The van der Waals surface area contributed by atoms with E-state index in [1.165, 1.54) is 0 Å². The first kappa shape index (κ1) is 9.75. The second kappa shape index (κ2) is 4.16. The van der Waals surface area contributed by atoms with Crippen LogP contribution in [0.5, 0.6) is 0 Å². The molecule has 0 radical (unpaired) electrons. The summed E-state index contributed by atoms with van der Waals surface area (Å²) in [6, 6.07) is 9.93. The molecule has 1 N–H and O–H groups in total. The number of nitriles is 1. The summed E-state index contributed by atoms with van der Waals surface area (Å²) in [5, 5.41) is 16.2. The number of nitrogens with zero attached hydrogens (tertiary/aromatic N) is 1. The van der Waals surface area contributed by atoms with Crippen molar-refractivity contribution in [1.29, 1.82) is 5.26 Å². The molecule has 0 bridgehead atoms. The molecule has 1 heterocycles. The molecule has 2 rings (SSSR count). The highest BCUT2D eigenvalue weighted by Gasteiger charge is 2.02. The molecule has 2 aromatic rings. The van der Waals surface area contributed by atoms with Crippen LogP contribution in [0.3, 0.4) is 0 Å². The largest absolute Gasteiger partial charge is 0.354 e. The molecule has 0 saturated heterocycles. The summed E-state index contributed by atoms with van der Waals surface area (Å²) in [5.41, 5.74) is 3.72. The Hall–Kier alpha value is -1.79. The molecule has 74 valence electrons. The predicted molar refractivity (Wildman–Crippen MR) is 63.5 cm³/mol. The van der Waals surface area contributed by atoms with Gasteiger partial charge in [-0.25, -0.2) is 0 Å². The zero-order valence-corrected chi connectivity index (χ0v) is 9.14. The van der Waals surface area contributed by atoms with Crippen LogP contribution in [0.4, 0.5) is 11.4 Å². The van der Waals surface area contributed by atoms with Crippen LogP contribution < -0.4 is 5.32 Å². The number of hydrogen-bond donors (Lipinski definition) is 1. The van der Waals surface area contributed by atoms with E-state index in [0.29, 0.717) is 5.56 Å². The highest BCUT2D eigenvalue weighted by Crippen LogP contribution is 2.23. The van der Waals surface area contributed by atoms with E-state index >= 15 is 0 Å². The molecule has 15 heavy (non-hydrogen) atoms. The smallest absolute Gasteiger partial charge is 0.101 e. The van der Waals surface area contributed by atoms with Gasteiger partial charge in [0.25, 0.3) is 0 Å². The van der Waals surface area contributed by atoms with Gasteiger partial charge < -0.3 is 5.32 Å². The van der Waals surface area contributed by atoms with Crippen LogP contribution in [0, 0.1) is 18.3 Å². The van der Waals surface area contributed by atoms with Crippen LogP contribution in [-0.4, -0.2) is 0 Å². The lowest BCUT2D eigenvalue weighted by molar-refractivity contribution is 1.41. The summed E-state index contributed by atoms with van der Waals surface area (Å²) in [6.45, 7) is 2.01. The van der Waals surface area contributed by atoms with E-state index in [9.17, 15) is 0 Å². The first-order valence-corrected chi connectivity index (χ1v) is 5.54. The van der Waals surface area contributed by atoms with E-state index in [0.717, 1.165) is 16.9 Å². The molecule has 0 aliphatic rings. The Morgan fingerprint density at radius 1 is 1.33 bits per heavy atom. The third-order valence-corrected chi connectivity index (χ3v) is 2.78. The molecule has 1 aromatic heterocycles. The highest BCUT2D eigenvalue weighted by molar-refractivity contribution is 7.08. The molecule has 0 spiro atoms. The third-order valence-electron chi connectivity index (χ3n) is 2.10. The van der Waals surface area contributed by atoms with Gasteiger partial charge in [-0.3, -0.25) is 0 Å². The molecule has 1 aromatic carbocycles. The number of benzene rings is 1. The number of thiophene rings is 1. The quantitative estimate of drug-likeness (QED) is 0.827. The summed E-state index contributed by atoms with van der Waals surface area (Å²) < 4.78 is 0.